The number of rotatable bonds is 6. The van der Waals surface area contributed by atoms with Crippen molar-refractivity contribution in [3.63, 3.8) is 0 Å². The molecule has 0 unspecified atom stereocenters. The Kier molecular flexibility index (Phi) is 4.77. The minimum absolute atomic E-state index is 0.0244. The Morgan fingerprint density at radius 2 is 1.71 bits per heavy atom. The predicted molar refractivity (Wildman–Crippen MR) is 76.4 cm³/mol. The molecule has 0 aliphatic carbocycles. The second kappa shape index (κ2) is 6.74. The molecule has 0 spiro atoms. The van der Waals surface area contributed by atoms with E-state index in [-0.39, 0.29) is 18.7 Å². The smallest absolute Gasteiger partial charge is 0.211 e. The summed E-state index contributed by atoms with van der Waals surface area (Å²) < 4.78 is 12.8. The van der Waals surface area contributed by atoms with E-state index < -0.39 is 16.7 Å². The van der Waals surface area contributed by atoms with Crippen molar-refractivity contribution in [2.75, 3.05) is 6.54 Å². The van der Waals surface area contributed by atoms with Crippen molar-refractivity contribution >= 4 is 5.78 Å². The zero-order chi connectivity index (χ0) is 15.2. The summed E-state index contributed by atoms with van der Waals surface area (Å²) in [6, 6.07) is 14.1. The molecule has 0 saturated carbocycles. The zero-order valence-electron chi connectivity index (χ0n) is 11.2. The Balaban J connectivity index is 2.17. The zero-order valence-corrected chi connectivity index (χ0v) is 11.2. The van der Waals surface area contributed by atoms with E-state index in [4.69, 9.17) is 0 Å². The first-order valence-electron chi connectivity index (χ1n) is 6.52. The van der Waals surface area contributed by atoms with Gasteiger partial charge in [-0.2, -0.15) is 0 Å². The number of nitro groups is 1. The number of carbonyl (C=O) groups excluding carboxylic acids is 1. The highest BCUT2D eigenvalue weighted by Crippen LogP contribution is 2.22. The molecule has 2 aromatic rings. The van der Waals surface area contributed by atoms with Gasteiger partial charge in [-0.25, -0.2) is 4.39 Å². The van der Waals surface area contributed by atoms with Gasteiger partial charge in [0.05, 0.1) is 5.92 Å². The average molecular weight is 287 g/mol. The Morgan fingerprint density at radius 1 is 1.10 bits per heavy atom. The van der Waals surface area contributed by atoms with E-state index in [1.165, 1.54) is 24.3 Å². The van der Waals surface area contributed by atoms with Crippen LogP contribution >= 0.6 is 0 Å². The molecule has 0 aromatic heterocycles. The number of nitrogens with zero attached hydrogens (tertiary/aromatic N) is 1. The fourth-order valence-electron chi connectivity index (χ4n) is 2.17. The van der Waals surface area contributed by atoms with Gasteiger partial charge in [-0.3, -0.25) is 14.9 Å². The van der Waals surface area contributed by atoms with Gasteiger partial charge in [-0.05, 0) is 29.8 Å². The summed E-state index contributed by atoms with van der Waals surface area (Å²) in [6.07, 6.45) is 0.0244. The number of Topliss-reactive ketones (excluding diaryl/α,β-unsaturated/α-hetero) is 1. The molecule has 5 heteroatoms. The lowest BCUT2D eigenvalue weighted by atomic mass is 9.91. The Morgan fingerprint density at radius 3 is 2.29 bits per heavy atom. The fraction of sp³-hybridized carbons (Fsp3) is 0.188. The maximum atomic E-state index is 12.8. The lowest BCUT2D eigenvalue weighted by molar-refractivity contribution is -0.483. The van der Waals surface area contributed by atoms with Gasteiger partial charge in [0.15, 0.2) is 5.78 Å². The topological polar surface area (TPSA) is 60.2 Å². The van der Waals surface area contributed by atoms with Crippen molar-refractivity contribution in [3.8, 4) is 0 Å². The number of hydrogen-bond donors (Lipinski definition) is 0. The number of hydrogen-bond acceptors (Lipinski definition) is 3. The Labute approximate surface area is 121 Å². The standard InChI is InChI=1S/C16H14FNO3/c17-15-8-6-13(7-9-15)16(19)10-14(11-18(20)21)12-4-2-1-3-5-12/h1-9,14H,10-11H2/t14-/m1/s1. The summed E-state index contributed by atoms with van der Waals surface area (Å²) in [5, 5.41) is 10.8. The molecule has 0 fully saturated rings. The molecule has 0 radical (unpaired) electrons. The van der Waals surface area contributed by atoms with E-state index in [0.29, 0.717) is 5.56 Å². The summed E-state index contributed by atoms with van der Waals surface area (Å²) >= 11 is 0. The van der Waals surface area contributed by atoms with Gasteiger partial charge in [-0.15, -0.1) is 0 Å². The molecule has 0 aliphatic heterocycles. The molecule has 2 aromatic carbocycles. The molecule has 0 amide bonds. The van der Waals surface area contributed by atoms with Crippen molar-refractivity contribution in [3.05, 3.63) is 81.7 Å². The summed E-state index contributed by atoms with van der Waals surface area (Å²) in [4.78, 5) is 22.5. The first-order chi connectivity index (χ1) is 10.1. The van der Waals surface area contributed by atoms with Crippen molar-refractivity contribution < 1.29 is 14.1 Å². The lowest BCUT2D eigenvalue weighted by Gasteiger charge is -2.12. The van der Waals surface area contributed by atoms with Gasteiger partial charge >= 0.3 is 0 Å². The third-order valence-electron chi connectivity index (χ3n) is 3.24. The molecule has 0 heterocycles. The minimum Gasteiger partial charge on any atom is -0.294 e. The molecule has 21 heavy (non-hydrogen) atoms. The van der Waals surface area contributed by atoms with Crippen LogP contribution in [0.5, 0.6) is 0 Å². The highest BCUT2D eigenvalue weighted by Gasteiger charge is 2.22. The molecule has 4 nitrogen and oxygen atoms in total. The Bertz CT molecular complexity index is 626. The number of halogens is 1. The van der Waals surface area contributed by atoms with Gasteiger partial charge in [0.25, 0.3) is 0 Å². The Hall–Kier alpha value is -2.56. The number of carbonyl (C=O) groups is 1. The van der Waals surface area contributed by atoms with Crippen LogP contribution in [0.2, 0.25) is 0 Å². The maximum absolute atomic E-state index is 12.8. The van der Waals surface area contributed by atoms with Gasteiger partial charge in [-0.1, -0.05) is 30.3 Å². The van der Waals surface area contributed by atoms with Crippen LogP contribution in [0.15, 0.2) is 54.6 Å². The summed E-state index contributed by atoms with van der Waals surface area (Å²) in [5.41, 5.74) is 1.12. The lowest BCUT2D eigenvalue weighted by Crippen LogP contribution is -2.16. The van der Waals surface area contributed by atoms with E-state index in [2.05, 4.69) is 0 Å². The normalized spacial score (nSPS) is 11.9. The highest BCUT2D eigenvalue weighted by molar-refractivity contribution is 5.96. The van der Waals surface area contributed by atoms with Gasteiger partial charge in [0, 0.05) is 16.9 Å². The first kappa shape index (κ1) is 14.8. The van der Waals surface area contributed by atoms with Crippen LogP contribution in [-0.2, 0) is 0 Å². The van der Waals surface area contributed by atoms with Gasteiger partial charge < -0.3 is 0 Å². The third-order valence-corrected chi connectivity index (χ3v) is 3.24. The quantitative estimate of drug-likeness (QED) is 0.464. The molecule has 108 valence electrons. The predicted octanol–water partition coefficient (Wildman–Crippen LogP) is 3.46. The average Bonchev–Trinajstić information content (AvgIpc) is 2.47. The molecule has 0 saturated heterocycles. The fourth-order valence-corrected chi connectivity index (χ4v) is 2.17. The second-order valence-corrected chi connectivity index (χ2v) is 4.76. The van der Waals surface area contributed by atoms with Crippen molar-refractivity contribution in [1.29, 1.82) is 0 Å². The van der Waals surface area contributed by atoms with Gasteiger partial charge in [0.2, 0.25) is 6.54 Å². The summed E-state index contributed by atoms with van der Waals surface area (Å²) in [7, 11) is 0. The van der Waals surface area contributed by atoms with Crippen molar-refractivity contribution in [1.82, 2.24) is 0 Å². The van der Waals surface area contributed by atoms with Gasteiger partial charge in [0.1, 0.15) is 5.82 Å². The van der Waals surface area contributed by atoms with E-state index in [1.807, 2.05) is 6.07 Å². The molecule has 0 bridgehead atoms. The van der Waals surface area contributed by atoms with Crippen LogP contribution in [0, 0.1) is 15.9 Å². The number of benzene rings is 2. The number of ketones is 1. The summed E-state index contributed by atoms with van der Waals surface area (Å²) in [6.45, 7) is -0.309. The molecule has 0 N–H and O–H groups in total. The van der Waals surface area contributed by atoms with Crippen LogP contribution in [0.3, 0.4) is 0 Å². The molecular formula is C16H14FNO3. The van der Waals surface area contributed by atoms with E-state index in [9.17, 15) is 19.3 Å². The maximum Gasteiger partial charge on any atom is 0.211 e. The van der Waals surface area contributed by atoms with Crippen LogP contribution in [0.1, 0.15) is 28.3 Å². The van der Waals surface area contributed by atoms with E-state index in [0.717, 1.165) is 5.56 Å². The summed E-state index contributed by atoms with van der Waals surface area (Å²) in [5.74, 6) is -1.14. The molecule has 0 aliphatic rings. The molecule has 1 atom stereocenters. The van der Waals surface area contributed by atoms with Crippen molar-refractivity contribution in [2.24, 2.45) is 0 Å². The largest absolute Gasteiger partial charge is 0.294 e. The SMILES string of the molecule is O=C(C[C@H](C[N+](=O)[O-])c1ccccc1)c1ccc(F)cc1. The van der Waals surface area contributed by atoms with E-state index >= 15 is 0 Å². The van der Waals surface area contributed by atoms with Crippen LogP contribution in [-0.4, -0.2) is 17.3 Å². The van der Waals surface area contributed by atoms with Crippen molar-refractivity contribution in [2.45, 2.75) is 12.3 Å². The van der Waals surface area contributed by atoms with Crippen LogP contribution in [0.25, 0.3) is 0 Å². The minimum atomic E-state index is -0.487. The van der Waals surface area contributed by atoms with Crippen LogP contribution in [0.4, 0.5) is 4.39 Å². The highest BCUT2D eigenvalue weighted by atomic mass is 19.1. The van der Waals surface area contributed by atoms with Crippen LogP contribution < -0.4 is 0 Å². The second-order valence-electron chi connectivity index (χ2n) is 4.76. The van der Waals surface area contributed by atoms with E-state index in [1.54, 1.807) is 24.3 Å². The monoisotopic (exact) mass is 287 g/mol. The first-order valence-corrected chi connectivity index (χ1v) is 6.52. The molecule has 2 rings (SSSR count). The third kappa shape index (κ3) is 4.21. The molecular weight excluding hydrogens is 273 g/mol.